The molecular weight excluding hydrogens is 426 g/mol. The van der Waals surface area contributed by atoms with Crippen molar-refractivity contribution in [2.45, 2.75) is 43.9 Å². The van der Waals surface area contributed by atoms with Gasteiger partial charge in [0, 0.05) is 32.7 Å². The highest BCUT2D eigenvalue weighted by molar-refractivity contribution is 7.89. The summed E-state index contributed by atoms with van der Waals surface area (Å²) in [4.78, 5) is 12.8. The number of piperidine rings is 1. The minimum absolute atomic E-state index is 0.0464. The second-order valence-corrected chi connectivity index (χ2v) is 12.1. The van der Waals surface area contributed by atoms with E-state index < -0.39 is 20.0 Å². The molecule has 8 nitrogen and oxygen atoms in total. The Labute approximate surface area is 179 Å². The van der Waals surface area contributed by atoms with Gasteiger partial charge in [-0.15, -0.1) is 0 Å². The lowest BCUT2D eigenvalue weighted by molar-refractivity contribution is -0.126. The number of amides is 1. The fraction of sp³-hybridized carbons (Fsp3) is 0.650. The largest absolute Gasteiger partial charge is 0.355 e. The third kappa shape index (κ3) is 5.40. The Kier molecular flexibility index (Phi) is 7.54. The SMILES string of the molecule is CCS(=O)(=O)N1CCCC(C(=O)NCCc2ccc(S(=O)(=O)N3CCCC3)cc2)C1. The Bertz CT molecular complexity index is 939. The van der Waals surface area contributed by atoms with Gasteiger partial charge in [-0.3, -0.25) is 4.79 Å². The molecule has 2 heterocycles. The summed E-state index contributed by atoms with van der Waals surface area (Å²) in [5, 5.41) is 2.89. The van der Waals surface area contributed by atoms with Crippen molar-refractivity contribution in [2.24, 2.45) is 5.92 Å². The molecule has 1 aromatic rings. The summed E-state index contributed by atoms with van der Waals surface area (Å²) in [6.45, 7) is 3.91. The van der Waals surface area contributed by atoms with E-state index in [1.807, 2.05) is 0 Å². The van der Waals surface area contributed by atoms with E-state index in [1.165, 1.54) is 8.61 Å². The molecule has 2 aliphatic rings. The molecular formula is C20H31N3O5S2. The normalized spacial score (nSPS) is 21.6. The summed E-state index contributed by atoms with van der Waals surface area (Å²) in [6, 6.07) is 6.81. The molecule has 10 heteroatoms. The number of sulfonamides is 2. The standard InChI is InChI=1S/C20H31N3O5S2/c1-2-29(25,26)23-15-5-6-18(16-23)20(24)21-12-11-17-7-9-19(10-8-17)30(27,28)22-13-3-4-14-22/h7-10,18H,2-6,11-16H2,1H3,(H,21,24). The maximum absolute atomic E-state index is 12.6. The zero-order valence-electron chi connectivity index (χ0n) is 17.4. The first-order valence-electron chi connectivity index (χ1n) is 10.6. The topological polar surface area (TPSA) is 104 Å². The van der Waals surface area contributed by atoms with Crippen molar-refractivity contribution in [1.82, 2.24) is 13.9 Å². The molecule has 0 saturated carbocycles. The number of nitrogens with one attached hydrogen (secondary N) is 1. The lowest BCUT2D eigenvalue weighted by Gasteiger charge is -2.30. The average Bonchev–Trinajstić information content (AvgIpc) is 3.30. The molecule has 0 aromatic heterocycles. The van der Waals surface area contributed by atoms with Crippen LogP contribution in [0.4, 0.5) is 0 Å². The Morgan fingerprint density at radius 3 is 2.27 bits per heavy atom. The quantitative estimate of drug-likeness (QED) is 0.632. The highest BCUT2D eigenvalue weighted by Gasteiger charge is 2.31. The van der Waals surface area contributed by atoms with Gasteiger partial charge in [0.2, 0.25) is 26.0 Å². The van der Waals surface area contributed by atoms with Crippen LogP contribution in [0.5, 0.6) is 0 Å². The summed E-state index contributed by atoms with van der Waals surface area (Å²) >= 11 is 0. The van der Waals surface area contributed by atoms with Crippen molar-refractivity contribution in [2.75, 3.05) is 38.5 Å². The summed E-state index contributed by atoms with van der Waals surface area (Å²) in [5.41, 5.74) is 0.939. The number of hydrogen-bond acceptors (Lipinski definition) is 5. The number of benzene rings is 1. The maximum Gasteiger partial charge on any atom is 0.243 e. The Morgan fingerprint density at radius 2 is 1.63 bits per heavy atom. The predicted molar refractivity (Wildman–Crippen MR) is 115 cm³/mol. The van der Waals surface area contributed by atoms with Crippen molar-refractivity contribution >= 4 is 26.0 Å². The summed E-state index contributed by atoms with van der Waals surface area (Å²) in [5.74, 6) is -0.405. The lowest BCUT2D eigenvalue weighted by Crippen LogP contribution is -2.46. The molecule has 1 unspecified atom stereocenters. The molecule has 2 fully saturated rings. The zero-order chi connectivity index (χ0) is 21.8. The van der Waals surface area contributed by atoms with Crippen LogP contribution in [0.1, 0.15) is 38.2 Å². The highest BCUT2D eigenvalue weighted by atomic mass is 32.2. The lowest BCUT2D eigenvalue weighted by atomic mass is 9.99. The zero-order valence-corrected chi connectivity index (χ0v) is 19.1. The van der Waals surface area contributed by atoms with Gasteiger partial charge >= 0.3 is 0 Å². The molecule has 1 atom stereocenters. The second-order valence-electron chi connectivity index (χ2n) is 7.89. The van der Waals surface area contributed by atoms with Gasteiger partial charge < -0.3 is 5.32 Å². The number of hydrogen-bond donors (Lipinski definition) is 1. The van der Waals surface area contributed by atoms with Crippen LogP contribution in [0.2, 0.25) is 0 Å². The van der Waals surface area contributed by atoms with E-state index in [1.54, 1.807) is 31.2 Å². The molecule has 2 saturated heterocycles. The first kappa shape index (κ1) is 23.2. The van der Waals surface area contributed by atoms with Crippen LogP contribution in [-0.4, -0.2) is 69.8 Å². The summed E-state index contributed by atoms with van der Waals surface area (Å²) < 4.78 is 52.2. The van der Waals surface area contributed by atoms with Crippen molar-refractivity contribution < 1.29 is 21.6 Å². The molecule has 0 aliphatic carbocycles. The van der Waals surface area contributed by atoms with E-state index in [2.05, 4.69) is 5.32 Å². The van der Waals surface area contributed by atoms with Crippen molar-refractivity contribution in [3.63, 3.8) is 0 Å². The summed E-state index contributed by atoms with van der Waals surface area (Å²) in [6.07, 6.45) is 3.76. The van der Waals surface area contributed by atoms with E-state index in [0.29, 0.717) is 50.3 Å². The van der Waals surface area contributed by atoms with E-state index in [9.17, 15) is 21.6 Å². The monoisotopic (exact) mass is 457 g/mol. The highest BCUT2D eigenvalue weighted by Crippen LogP contribution is 2.22. The maximum atomic E-state index is 12.6. The smallest absolute Gasteiger partial charge is 0.243 e. The minimum Gasteiger partial charge on any atom is -0.355 e. The van der Waals surface area contributed by atoms with Crippen molar-refractivity contribution in [1.29, 1.82) is 0 Å². The summed E-state index contributed by atoms with van der Waals surface area (Å²) in [7, 11) is -6.69. The van der Waals surface area contributed by atoms with Crippen LogP contribution in [0, 0.1) is 5.92 Å². The number of carbonyl (C=O) groups excluding carboxylic acids is 1. The van der Waals surface area contributed by atoms with Gasteiger partial charge in [-0.1, -0.05) is 12.1 Å². The first-order chi connectivity index (χ1) is 14.2. The molecule has 3 rings (SSSR count). The molecule has 30 heavy (non-hydrogen) atoms. The number of nitrogens with zero attached hydrogens (tertiary/aromatic N) is 2. The van der Waals surface area contributed by atoms with Gasteiger partial charge in [0.25, 0.3) is 0 Å². The second kappa shape index (κ2) is 9.76. The molecule has 2 aliphatic heterocycles. The molecule has 1 N–H and O–H groups in total. The van der Waals surface area contributed by atoms with Crippen LogP contribution in [0.3, 0.4) is 0 Å². The van der Waals surface area contributed by atoms with Crippen LogP contribution in [0.15, 0.2) is 29.2 Å². The van der Waals surface area contributed by atoms with Gasteiger partial charge in [0.15, 0.2) is 0 Å². The fourth-order valence-corrected chi connectivity index (χ4v) is 6.67. The minimum atomic E-state index is -3.41. The van der Waals surface area contributed by atoms with Gasteiger partial charge in [0.1, 0.15) is 0 Å². The molecule has 168 valence electrons. The van der Waals surface area contributed by atoms with Crippen molar-refractivity contribution in [3.8, 4) is 0 Å². The Morgan fingerprint density at radius 1 is 1.00 bits per heavy atom. The van der Waals surface area contributed by atoms with Gasteiger partial charge in [-0.05, 0) is 56.7 Å². The Hall–Kier alpha value is -1.49. The van der Waals surface area contributed by atoms with Crippen LogP contribution >= 0.6 is 0 Å². The number of rotatable bonds is 8. The van der Waals surface area contributed by atoms with Crippen LogP contribution < -0.4 is 5.32 Å². The van der Waals surface area contributed by atoms with Gasteiger partial charge in [0.05, 0.1) is 16.6 Å². The average molecular weight is 458 g/mol. The third-order valence-corrected chi connectivity index (χ3v) is 9.61. The van der Waals surface area contributed by atoms with E-state index >= 15 is 0 Å². The Balaban J connectivity index is 1.49. The third-order valence-electron chi connectivity index (χ3n) is 5.85. The van der Waals surface area contributed by atoms with Gasteiger partial charge in [-0.25, -0.2) is 21.1 Å². The molecule has 0 bridgehead atoms. The molecule has 0 radical (unpaired) electrons. The number of carbonyl (C=O) groups is 1. The first-order valence-corrected chi connectivity index (χ1v) is 13.6. The van der Waals surface area contributed by atoms with Crippen molar-refractivity contribution in [3.05, 3.63) is 29.8 Å². The molecule has 1 amide bonds. The van der Waals surface area contributed by atoms with E-state index in [-0.39, 0.29) is 24.1 Å². The molecule has 1 aromatic carbocycles. The predicted octanol–water partition coefficient (Wildman–Crippen LogP) is 1.19. The van der Waals surface area contributed by atoms with Gasteiger partial charge in [-0.2, -0.15) is 4.31 Å². The van der Waals surface area contributed by atoms with Crippen LogP contribution in [-0.2, 0) is 31.3 Å². The van der Waals surface area contributed by atoms with E-state index in [4.69, 9.17) is 0 Å². The fourth-order valence-electron chi connectivity index (χ4n) is 3.97. The molecule has 0 spiro atoms. The van der Waals surface area contributed by atoms with Crippen LogP contribution in [0.25, 0.3) is 0 Å². The van der Waals surface area contributed by atoms with E-state index in [0.717, 1.165) is 18.4 Å².